The number of fused-ring (bicyclic) bond motifs is 1. The summed E-state index contributed by atoms with van der Waals surface area (Å²) in [5.74, 6) is -0.285. The molecule has 0 atom stereocenters. The molecule has 0 unspecified atom stereocenters. The lowest BCUT2D eigenvalue weighted by Crippen LogP contribution is -2.43. The lowest BCUT2D eigenvalue weighted by Gasteiger charge is -2.27. The molecule has 3 heterocycles. The molecule has 6 nitrogen and oxygen atoms in total. The lowest BCUT2D eigenvalue weighted by molar-refractivity contribution is 0.246. The van der Waals surface area contributed by atoms with Crippen molar-refractivity contribution in [1.82, 2.24) is 20.1 Å². The van der Waals surface area contributed by atoms with Crippen LogP contribution in [0.5, 0.6) is 0 Å². The minimum Gasteiger partial charge on any atom is -0.337 e. The monoisotopic (exact) mass is 443 g/mol. The number of carbonyl (C=O) groups excluding carboxylic acids is 1. The van der Waals surface area contributed by atoms with Gasteiger partial charge >= 0.3 is 6.03 Å². The molecule has 144 valence electrons. The van der Waals surface area contributed by atoms with Gasteiger partial charge in [0.2, 0.25) is 0 Å². The molecule has 1 aliphatic rings. The zero-order chi connectivity index (χ0) is 19.5. The van der Waals surface area contributed by atoms with Crippen LogP contribution in [0.2, 0.25) is 0 Å². The second-order valence-electron chi connectivity index (χ2n) is 6.59. The van der Waals surface area contributed by atoms with Crippen molar-refractivity contribution < 1.29 is 9.18 Å². The first-order valence-corrected chi connectivity index (χ1v) is 9.90. The number of rotatable bonds is 4. The highest BCUT2D eigenvalue weighted by Crippen LogP contribution is 2.29. The number of hydrogen-bond acceptors (Lipinski definition) is 3. The van der Waals surface area contributed by atoms with E-state index < -0.39 is 0 Å². The lowest BCUT2D eigenvalue weighted by atomic mass is 10.1. The summed E-state index contributed by atoms with van der Waals surface area (Å²) in [6, 6.07) is 9.93. The predicted molar refractivity (Wildman–Crippen MR) is 108 cm³/mol. The maximum absolute atomic E-state index is 13.2. The van der Waals surface area contributed by atoms with E-state index in [0.717, 1.165) is 40.1 Å². The number of nitrogens with zero attached hydrogens (tertiary/aromatic N) is 4. The van der Waals surface area contributed by atoms with Crippen molar-refractivity contribution in [3.8, 4) is 5.69 Å². The van der Waals surface area contributed by atoms with Crippen LogP contribution in [0.25, 0.3) is 5.69 Å². The normalized spacial score (nSPS) is 13.3. The summed E-state index contributed by atoms with van der Waals surface area (Å²) in [6.45, 7) is 1.17. The van der Waals surface area contributed by atoms with Crippen LogP contribution in [-0.4, -0.2) is 33.9 Å². The number of amides is 2. The van der Waals surface area contributed by atoms with E-state index in [1.54, 1.807) is 34.1 Å². The van der Waals surface area contributed by atoms with Gasteiger partial charge in [0.15, 0.2) is 0 Å². The van der Waals surface area contributed by atoms with Crippen LogP contribution in [0.15, 0.2) is 53.4 Å². The molecule has 28 heavy (non-hydrogen) atoms. The molecule has 0 aliphatic carbocycles. The van der Waals surface area contributed by atoms with E-state index in [9.17, 15) is 9.18 Å². The van der Waals surface area contributed by atoms with E-state index in [1.807, 2.05) is 12.1 Å². The second kappa shape index (κ2) is 8.10. The molecular weight excluding hydrogens is 425 g/mol. The maximum atomic E-state index is 13.2. The third-order valence-electron chi connectivity index (χ3n) is 4.73. The highest BCUT2D eigenvalue weighted by atomic mass is 79.9. The Morgan fingerprint density at radius 1 is 1.18 bits per heavy atom. The molecule has 0 bridgehead atoms. The Morgan fingerprint density at radius 3 is 2.75 bits per heavy atom. The Labute approximate surface area is 170 Å². The largest absolute Gasteiger partial charge is 0.337 e. The number of hydrogen-bond donors (Lipinski definition) is 1. The summed E-state index contributed by atoms with van der Waals surface area (Å²) < 4.78 is 15.8. The topological polar surface area (TPSA) is 63.1 Å². The third-order valence-corrected chi connectivity index (χ3v) is 5.20. The summed E-state index contributed by atoms with van der Waals surface area (Å²) in [5, 5.41) is 7.40. The Kier molecular flexibility index (Phi) is 5.38. The number of anilines is 1. The highest BCUT2D eigenvalue weighted by Gasteiger charge is 2.26. The fourth-order valence-electron chi connectivity index (χ4n) is 3.33. The van der Waals surface area contributed by atoms with Crippen molar-refractivity contribution in [2.45, 2.75) is 19.3 Å². The Balaban J connectivity index is 1.44. The van der Waals surface area contributed by atoms with E-state index >= 15 is 0 Å². The predicted octanol–water partition coefficient (Wildman–Crippen LogP) is 3.87. The van der Waals surface area contributed by atoms with Gasteiger partial charge in [-0.2, -0.15) is 5.10 Å². The van der Waals surface area contributed by atoms with Gasteiger partial charge in [0.25, 0.3) is 0 Å². The van der Waals surface area contributed by atoms with Gasteiger partial charge in [0, 0.05) is 19.3 Å². The molecule has 2 amide bonds. The fraction of sp³-hybridized carbons (Fsp3) is 0.250. The van der Waals surface area contributed by atoms with Gasteiger partial charge < -0.3 is 5.32 Å². The molecule has 0 saturated heterocycles. The van der Waals surface area contributed by atoms with Gasteiger partial charge in [-0.3, -0.25) is 4.90 Å². The van der Waals surface area contributed by atoms with Crippen molar-refractivity contribution in [2.75, 3.05) is 18.0 Å². The first-order chi connectivity index (χ1) is 13.6. The Morgan fingerprint density at radius 2 is 2.00 bits per heavy atom. The third kappa shape index (κ3) is 3.91. The van der Waals surface area contributed by atoms with E-state index in [-0.39, 0.29) is 11.8 Å². The number of nitrogens with one attached hydrogen (secondary N) is 1. The summed E-state index contributed by atoms with van der Waals surface area (Å²) in [4.78, 5) is 18.6. The maximum Gasteiger partial charge on any atom is 0.321 e. The molecule has 1 aliphatic heterocycles. The van der Waals surface area contributed by atoms with Gasteiger partial charge in [0.05, 0.1) is 23.3 Å². The van der Waals surface area contributed by atoms with Crippen LogP contribution in [0, 0.1) is 5.82 Å². The number of halogens is 2. The zero-order valence-corrected chi connectivity index (χ0v) is 16.7. The molecule has 1 N–H and O–H groups in total. The first kappa shape index (κ1) is 18.6. The van der Waals surface area contributed by atoms with E-state index in [1.165, 1.54) is 12.1 Å². The molecule has 3 aromatic rings. The van der Waals surface area contributed by atoms with Crippen molar-refractivity contribution >= 4 is 27.6 Å². The van der Waals surface area contributed by atoms with Gasteiger partial charge in [-0.1, -0.05) is 6.07 Å². The van der Waals surface area contributed by atoms with Crippen LogP contribution in [0.4, 0.5) is 14.9 Å². The number of aromatic nitrogens is 3. The quantitative estimate of drug-likeness (QED) is 0.622. The van der Waals surface area contributed by atoms with Crippen LogP contribution in [0.1, 0.15) is 17.7 Å². The molecule has 0 saturated carbocycles. The molecule has 8 heteroatoms. The minimum atomic E-state index is -0.285. The molecule has 0 spiro atoms. The van der Waals surface area contributed by atoms with Crippen LogP contribution >= 0.6 is 15.9 Å². The summed E-state index contributed by atoms with van der Waals surface area (Å²) in [5.41, 5.74) is 3.61. The molecular formula is C20H19BrFN5O. The van der Waals surface area contributed by atoms with Crippen molar-refractivity contribution in [3.63, 3.8) is 0 Å². The molecule has 4 rings (SSSR count). The number of pyridine rings is 1. The minimum absolute atomic E-state index is 0.135. The van der Waals surface area contributed by atoms with Gasteiger partial charge in [-0.05, 0) is 71.1 Å². The van der Waals surface area contributed by atoms with Crippen molar-refractivity contribution in [1.29, 1.82) is 0 Å². The fourth-order valence-corrected chi connectivity index (χ4v) is 3.56. The molecule has 1 aromatic carbocycles. The van der Waals surface area contributed by atoms with Crippen molar-refractivity contribution in [3.05, 3.63) is 70.5 Å². The van der Waals surface area contributed by atoms with Gasteiger partial charge in [-0.25, -0.2) is 18.9 Å². The number of carbonyl (C=O) groups is 1. The van der Waals surface area contributed by atoms with E-state index in [2.05, 4.69) is 31.3 Å². The highest BCUT2D eigenvalue weighted by molar-refractivity contribution is 9.10. The van der Waals surface area contributed by atoms with Crippen LogP contribution in [-0.2, 0) is 12.8 Å². The smallest absolute Gasteiger partial charge is 0.321 e. The average molecular weight is 444 g/mol. The molecule has 2 aromatic heterocycles. The second-order valence-corrected chi connectivity index (χ2v) is 7.40. The van der Waals surface area contributed by atoms with Gasteiger partial charge in [-0.15, -0.1) is 0 Å². The van der Waals surface area contributed by atoms with E-state index in [4.69, 9.17) is 0 Å². The SMILES string of the molecule is O=C(NCCc1ccc(Br)nc1)N1CCCc2c1cnn2-c1ccc(F)cc1. The Hall–Kier alpha value is -2.74. The van der Waals surface area contributed by atoms with Crippen molar-refractivity contribution in [2.24, 2.45) is 0 Å². The number of urea groups is 1. The van der Waals surface area contributed by atoms with Crippen LogP contribution in [0.3, 0.4) is 0 Å². The molecule has 0 fully saturated rings. The van der Waals surface area contributed by atoms with Crippen LogP contribution < -0.4 is 10.2 Å². The average Bonchev–Trinajstić information content (AvgIpc) is 3.14. The van der Waals surface area contributed by atoms with E-state index in [0.29, 0.717) is 19.5 Å². The van der Waals surface area contributed by atoms with Gasteiger partial charge in [0.1, 0.15) is 10.4 Å². The summed E-state index contributed by atoms with van der Waals surface area (Å²) >= 11 is 3.31. The summed E-state index contributed by atoms with van der Waals surface area (Å²) in [7, 11) is 0. The Bertz CT molecular complexity index is 971. The number of benzene rings is 1. The standard InChI is InChI=1S/C20H19BrFN5O/c21-19-8-3-14(12-24-19)9-10-23-20(28)26-11-1-2-17-18(26)13-25-27(17)16-6-4-15(22)5-7-16/h3-8,12-13H,1-2,9-11H2,(H,23,28). The molecule has 0 radical (unpaired) electrons. The summed E-state index contributed by atoms with van der Waals surface area (Å²) in [6.07, 6.45) is 5.88. The first-order valence-electron chi connectivity index (χ1n) is 9.10. The zero-order valence-electron chi connectivity index (χ0n) is 15.1.